The van der Waals surface area contributed by atoms with Gasteiger partial charge in [-0.05, 0) is 176 Å². The van der Waals surface area contributed by atoms with Crippen LogP contribution in [0.3, 0.4) is 0 Å². The van der Waals surface area contributed by atoms with Crippen LogP contribution in [0, 0.1) is 80.8 Å². The molecule has 22 heteroatoms. The van der Waals surface area contributed by atoms with E-state index in [2.05, 4.69) is 54.5 Å². The third kappa shape index (κ3) is 10.9. The molecule has 21 atom stereocenters. The van der Waals surface area contributed by atoms with Crippen molar-refractivity contribution in [3.8, 4) is 0 Å². The van der Waals surface area contributed by atoms with E-state index in [1.807, 2.05) is 13.8 Å². The summed E-state index contributed by atoms with van der Waals surface area (Å²) in [5.41, 5.74) is 4.12. The van der Waals surface area contributed by atoms with E-state index in [1.54, 1.807) is 6.92 Å². The van der Waals surface area contributed by atoms with E-state index < -0.39 is 77.6 Å². The first-order valence-corrected chi connectivity index (χ1v) is 32.4. The van der Waals surface area contributed by atoms with Crippen molar-refractivity contribution in [1.29, 1.82) is 0 Å². The molecule has 424 valence electrons. The minimum Gasteiger partial charge on any atom is -0.726 e. The Morgan fingerprint density at radius 1 is 0.744 bits per heavy atom. The molecule has 12 rings (SSSR count). The SMILES string of the molecule is C[C@@H]([C@H]1CCC2C3=C(CC[C@@]21C)[C@@]1(C)C[C@H](OS(=O)(=O)[O-])[C@H](OS(=O)(=O)[O-])[C@H](C)C1=CC3)[C@H]1C[C@H]2C[C@](C)(OC2(C)C)[C@H](CC[C@@H](C)[C@H]2CCC3C4=C(CC[C@@]32C)[C@]23CC[C@](O)(OC2)[C@@H](C)C3[C@@H](OS(=O)(=O)[O-])C4)O1.[Na+].[Na+].[Na+]. The minimum absolute atomic E-state index is 0. The van der Waals surface area contributed by atoms with Crippen LogP contribution in [0.15, 0.2) is 33.9 Å². The maximum absolute atomic E-state index is 12.3. The van der Waals surface area contributed by atoms with Crippen molar-refractivity contribution >= 4 is 31.2 Å². The van der Waals surface area contributed by atoms with Gasteiger partial charge in [-0.15, -0.1) is 0 Å². The summed E-state index contributed by atoms with van der Waals surface area (Å²) in [5, 5.41) is 11.5. The largest absolute Gasteiger partial charge is 1.00 e. The predicted octanol–water partition coefficient (Wildman–Crippen LogP) is 0.0953. The molecule has 8 fully saturated rings. The molecule has 1 N–H and O–H groups in total. The molecule has 0 aromatic heterocycles. The second-order valence-corrected chi connectivity index (χ2v) is 30.8. The number of fused-ring (bicyclic) bond motifs is 10. The summed E-state index contributed by atoms with van der Waals surface area (Å²) >= 11 is 0. The van der Waals surface area contributed by atoms with Crippen LogP contribution in [-0.4, -0.2) is 98.1 Å². The van der Waals surface area contributed by atoms with Crippen molar-refractivity contribution in [2.24, 2.45) is 80.8 Å². The van der Waals surface area contributed by atoms with Crippen molar-refractivity contribution in [3.05, 3.63) is 33.9 Å². The van der Waals surface area contributed by atoms with Gasteiger partial charge in [-0.2, -0.15) is 0 Å². The van der Waals surface area contributed by atoms with E-state index in [0.717, 1.165) is 82.6 Å². The third-order valence-electron chi connectivity index (χ3n) is 24.1. The fraction of sp³-hybridized carbons (Fsp3) is 0.893. The molecule has 4 aliphatic heterocycles. The second-order valence-electron chi connectivity index (χ2n) is 27.8. The number of hydrogen-bond acceptors (Lipinski definition) is 16. The van der Waals surface area contributed by atoms with Crippen LogP contribution in [0.25, 0.3) is 0 Å². The number of allylic oxidation sites excluding steroid dienone is 3. The van der Waals surface area contributed by atoms with E-state index >= 15 is 0 Å². The average Bonchev–Trinajstić information content (AvgIpc) is 3.94. The van der Waals surface area contributed by atoms with Gasteiger partial charge in [0, 0.05) is 35.0 Å². The first-order chi connectivity index (χ1) is 34.7. The topological polar surface area (TPSA) is 247 Å². The summed E-state index contributed by atoms with van der Waals surface area (Å²) in [4.78, 5) is 0. The van der Waals surface area contributed by atoms with Crippen LogP contribution < -0.4 is 88.7 Å². The Balaban J connectivity index is 0.00000268. The Kier molecular flexibility index (Phi) is 18.6. The molecule has 0 amide bonds. The molecule has 4 saturated carbocycles. The van der Waals surface area contributed by atoms with Gasteiger partial charge in [0.1, 0.15) is 12.2 Å². The average molecular weight is 1180 g/mol. The maximum atomic E-state index is 12.3. The Hall–Kier alpha value is 1.67. The Morgan fingerprint density at radius 3 is 1.95 bits per heavy atom. The van der Waals surface area contributed by atoms with E-state index in [1.165, 1.54) is 22.3 Å². The first kappa shape index (κ1) is 65.6. The number of aliphatic hydroxyl groups is 1. The first-order valence-electron chi connectivity index (χ1n) is 28.4. The molecule has 16 nitrogen and oxygen atoms in total. The van der Waals surface area contributed by atoms with Crippen molar-refractivity contribution in [2.75, 3.05) is 6.61 Å². The maximum Gasteiger partial charge on any atom is 1.00 e. The van der Waals surface area contributed by atoms with Gasteiger partial charge in [0.2, 0.25) is 31.2 Å². The standard InChI is InChI=1S/C56H86O16S3.3Na/c1-30(37-14-16-41-36-26-45(69-73(58,59)60)48-33(4)56(57)24-23-55(48,29-67-56)43(36)20-22-51(37,41)7)11-18-47-54(10)27-34(50(5,6)72-54)25-44(68-47)31(2)38-15-17-40-35-12-13-39-32(3)49(71-75(64,65)66)46(70-74(61,62)63)28-53(39,9)42(35)19-21-52(38,40)8;;;/h13,30-34,37-38,40-41,44-49,57H,11-12,14-29H2,1-10H3,(H,58,59,60)(H,61,62,63)(H,64,65,66);;;/q;3*+1/p-3/t30-,31+,32-,33+,34+,37-,38-,40?,41?,44-,45+,46+,47+,48?,49-,51-,52-,53+,54+,55+,56+;;;/m1.../s1. The van der Waals surface area contributed by atoms with Crippen molar-refractivity contribution in [3.63, 3.8) is 0 Å². The number of hydrogen-bond donors (Lipinski definition) is 1. The Morgan fingerprint density at radius 2 is 1.33 bits per heavy atom. The monoisotopic (exact) mass is 1180 g/mol. The zero-order chi connectivity index (χ0) is 54.2. The quantitative estimate of drug-likeness (QED) is 0.118. The zero-order valence-electron chi connectivity index (χ0n) is 48.8. The molecule has 4 bridgehead atoms. The normalized spacial score (nSPS) is 47.1. The third-order valence-corrected chi connectivity index (χ3v) is 25.5. The van der Waals surface area contributed by atoms with Gasteiger partial charge >= 0.3 is 88.7 Å². The summed E-state index contributed by atoms with van der Waals surface area (Å²) in [6, 6.07) is 0. The summed E-state index contributed by atoms with van der Waals surface area (Å²) in [6.45, 7) is 22.5. The van der Waals surface area contributed by atoms with Crippen LogP contribution in [0.4, 0.5) is 0 Å². The summed E-state index contributed by atoms with van der Waals surface area (Å²) in [6.07, 6.45) is 11.9. The number of rotatable bonds is 12. The van der Waals surface area contributed by atoms with Gasteiger partial charge in [0.15, 0.2) is 5.79 Å². The number of ether oxygens (including phenoxy) is 3. The summed E-state index contributed by atoms with van der Waals surface area (Å²) in [5.74, 6) is -0.460. The predicted molar refractivity (Wildman–Crippen MR) is 272 cm³/mol. The van der Waals surface area contributed by atoms with E-state index in [9.17, 15) is 44.0 Å². The fourth-order valence-corrected chi connectivity index (χ4v) is 22.3. The molecule has 12 aliphatic rings. The molecule has 78 heavy (non-hydrogen) atoms. The van der Waals surface area contributed by atoms with Crippen LogP contribution in [0.5, 0.6) is 0 Å². The van der Waals surface area contributed by atoms with E-state index in [0.29, 0.717) is 56.0 Å². The Bertz CT molecular complexity index is 2780. The van der Waals surface area contributed by atoms with E-state index in [-0.39, 0.29) is 153 Å². The molecule has 3 unspecified atom stereocenters. The van der Waals surface area contributed by atoms with Gasteiger partial charge in [-0.3, -0.25) is 12.5 Å². The Labute approximate surface area is 532 Å². The van der Waals surface area contributed by atoms with Crippen LogP contribution in [-0.2, 0) is 58.0 Å². The van der Waals surface area contributed by atoms with Gasteiger partial charge in [-0.25, -0.2) is 25.3 Å². The molecule has 8 aliphatic carbocycles. The molecule has 4 heterocycles. The summed E-state index contributed by atoms with van der Waals surface area (Å²) < 4.78 is 145. The molecule has 0 aromatic carbocycles. The molecule has 0 aromatic rings. The van der Waals surface area contributed by atoms with Crippen LogP contribution in [0.2, 0.25) is 0 Å². The molecule has 0 radical (unpaired) electrons. The van der Waals surface area contributed by atoms with Gasteiger partial charge in [0.25, 0.3) is 0 Å². The summed E-state index contributed by atoms with van der Waals surface area (Å²) in [7, 11) is -15.5. The van der Waals surface area contributed by atoms with Crippen molar-refractivity contribution in [2.45, 2.75) is 226 Å². The van der Waals surface area contributed by atoms with Crippen LogP contribution in [0.1, 0.15) is 178 Å². The molecular weight excluding hydrogens is 1090 g/mol. The zero-order valence-corrected chi connectivity index (χ0v) is 57.2. The van der Waals surface area contributed by atoms with E-state index in [4.69, 9.17) is 26.8 Å². The van der Waals surface area contributed by atoms with Gasteiger partial charge < -0.3 is 33.0 Å². The second kappa shape index (κ2) is 22.1. The van der Waals surface area contributed by atoms with Crippen molar-refractivity contribution < 1.29 is 159 Å². The fourth-order valence-electron chi connectivity index (χ4n) is 20.7. The smallest absolute Gasteiger partial charge is 0.726 e. The van der Waals surface area contributed by atoms with Gasteiger partial charge in [0.05, 0.1) is 36.1 Å². The van der Waals surface area contributed by atoms with Gasteiger partial charge in [-0.1, -0.05) is 82.4 Å². The molecular formula is C56H83Na3O16S3. The minimum atomic E-state index is -5.26. The molecule has 1 spiro atoms. The van der Waals surface area contributed by atoms with Crippen LogP contribution >= 0.6 is 0 Å². The molecule has 4 saturated heterocycles. The van der Waals surface area contributed by atoms with Crippen molar-refractivity contribution in [1.82, 2.24) is 0 Å².